The van der Waals surface area contributed by atoms with E-state index in [1.165, 1.54) is 122 Å². The standard InChI is InChI=1S/C34H66/c1-8-11-13-14-15-16-22-34(31(20-12-9-2)21-18-17-19-28(4)5)33(10-3)32-25-23-29(6)27-30(7)24-26-32/h25,28-31,33-34H,8-24,26-27H2,1-7H3. The second-order valence-corrected chi connectivity index (χ2v) is 12.8. The van der Waals surface area contributed by atoms with Gasteiger partial charge in [0.05, 0.1) is 0 Å². The van der Waals surface area contributed by atoms with Gasteiger partial charge in [-0.1, -0.05) is 144 Å². The van der Waals surface area contributed by atoms with Crippen LogP contribution in [-0.4, -0.2) is 0 Å². The maximum Gasteiger partial charge on any atom is -0.0175 e. The number of allylic oxidation sites excluding steroid dienone is 2. The summed E-state index contributed by atoms with van der Waals surface area (Å²) in [4.78, 5) is 0. The van der Waals surface area contributed by atoms with Crippen LogP contribution < -0.4 is 0 Å². The average Bonchev–Trinajstić information content (AvgIpc) is 2.80. The fraction of sp³-hybridized carbons (Fsp3) is 0.941. The van der Waals surface area contributed by atoms with Crippen molar-refractivity contribution in [2.24, 2.45) is 35.5 Å². The van der Waals surface area contributed by atoms with E-state index in [4.69, 9.17) is 0 Å². The summed E-state index contributed by atoms with van der Waals surface area (Å²) in [6, 6.07) is 0. The van der Waals surface area contributed by atoms with Crippen molar-refractivity contribution in [1.82, 2.24) is 0 Å². The van der Waals surface area contributed by atoms with Gasteiger partial charge in [0.15, 0.2) is 0 Å². The largest absolute Gasteiger partial charge is 0.0848 e. The van der Waals surface area contributed by atoms with E-state index < -0.39 is 0 Å². The molecule has 0 aromatic rings. The second-order valence-electron chi connectivity index (χ2n) is 12.8. The van der Waals surface area contributed by atoms with Crippen LogP contribution in [0.2, 0.25) is 0 Å². The van der Waals surface area contributed by atoms with Gasteiger partial charge in [-0.05, 0) is 74.0 Å². The Bertz CT molecular complexity index is 486. The molecule has 1 aliphatic carbocycles. The number of rotatable bonds is 19. The van der Waals surface area contributed by atoms with Crippen molar-refractivity contribution in [2.45, 2.75) is 170 Å². The van der Waals surface area contributed by atoms with Gasteiger partial charge < -0.3 is 0 Å². The summed E-state index contributed by atoms with van der Waals surface area (Å²) < 4.78 is 0. The topological polar surface area (TPSA) is 0 Å². The Hall–Kier alpha value is -0.260. The van der Waals surface area contributed by atoms with Gasteiger partial charge in [-0.15, -0.1) is 0 Å². The molecule has 0 radical (unpaired) electrons. The van der Waals surface area contributed by atoms with Crippen LogP contribution in [0.4, 0.5) is 0 Å². The fourth-order valence-corrected chi connectivity index (χ4v) is 6.87. The Morgan fingerprint density at radius 3 is 2.03 bits per heavy atom. The van der Waals surface area contributed by atoms with E-state index >= 15 is 0 Å². The van der Waals surface area contributed by atoms with E-state index in [1.54, 1.807) is 0 Å². The van der Waals surface area contributed by atoms with E-state index in [9.17, 15) is 0 Å². The maximum atomic E-state index is 2.74. The second kappa shape index (κ2) is 19.9. The molecular formula is C34H66. The molecule has 5 atom stereocenters. The van der Waals surface area contributed by atoms with Gasteiger partial charge in [0, 0.05) is 0 Å². The van der Waals surface area contributed by atoms with Gasteiger partial charge in [-0.3, -0.25) is 0 Å². The fourth-order valence-electron chi connectivity index (χ4n) is 6.87. The minimum atomic E-state index is 0.847. The Morgan fingerprint density at radius 1 is 0.735 bits per heavy atom. The molecular weight excluding hydrogens is 408 g/mol. The van der Waals surface area contributed by atoms with Gasteiger partial charge in [0.2, 0.25) is 0 Å². The third-order valence-electron chi connectivity index (χ3n) is 8.98. The van der Waals surface area contributed by atoms with Crippen LogP contribution in [0.3, 0.4) is 0 Å². The first kappa shape index (κ1) is 31.8. The molecule has 0 saturated heterocycles. The molecule has 34 heavy (non-hydrogen) atoms. The van der Waals surface area contributed by atoms with Gasteiger partial charge >= 0.3 is 0 Å². The highest BCUT2D eigenvalue weighted by molar-refractivity contribution is 5.10. The van der Waals surface area contributed by atoms with Gasteiger partial charge in [0.25, 0.3) is 0 Å². The quantitative estimate of drug-likeness (QED) is 0.129. The van der Waals surface area contributed by atoms with Gasteiger partial charge in [-0.25, -0.2) is 0 Å². The summed E-state index contributed by atoms with van der Waals surface area (Å²) in [5, 5.41) is 0. The van der Waals surface area contributed by atoms with Crippen LogP contribution in [-0.2, 0) is 0 Å². The number of hydrogen-bond donors (Lipinski definition) is 0. The molecule has 0 aromatic heterocycles. The summed E-state index contributed by atoms with van der Waals surface area (Å²) in [6.45, 7) is 17.0. The molecule has 202 valence electrons. The number of unbranched alkanes of at least 4 members (excludes halogenated alkanes) is 7. The van der Waals surface area contributed by atoms with Crippen LogP contribution in [0.15, 0.2) is 11.6 Å². The Labute approximate surface area is 217 Å². The van der Waals surface area contributed by atoms with Crippen molar-refractivity contribution in [3.05, 3.63) is 11.6 Å². The molecule has 0 bridgehead atoms. The summed E-state index contributed by atoms with van der Waals surface area (Å²) >= 11 is 0. The van der Waals surface area contributed by atoms with Gasteiger partial charge in [0.1, 0.15) is 0 Å². The first-order valence-electron chi connectivity index (χ1n) is 16.1. The predicted octanol–water partition coefficient (Wildman–Crippen LogP) is 12.2. The molecule has 0 saturated carbocycles. The molecule has 1 rings (SSSR count). The molecule has 5 unspecified atom stereocenters. The lowest BCUT2D eigenvalue weighted by Gasteiger charge is -2.37. The number of hydrogen-bond acceptors (Lipinski definition) is 0. The van der Waals surface area contributed by atoms with Crippen LogP contribution in [0.1, 0.15) is 170 Å². The lowest BCUT2D eigenvalue weighted by Crippen LogP contribution is -2.26. The average molecular weight is 475 g/mol. The zero-order chi connectivity index (χ0) is 25.2. The molecule has 0 heterocycles. The summed E-state index contributed by atoms with van der Waals surface area (Å²) in [5.74, 6) is 5.36. The van der Waals surface area contributed by atoms with E-state index in [2.05, 4.69) is 54.5 Å². The lowest BCUT2D eigenvalue weighted by molar-refractivity contribution is 0.189. The van der Waals surface area contributed by atoms with Crippen molar-refractivity contribution in [2.75, 3.05) is 0 Å². The first-order chi connectivity index (χ1) is 16.4. The van der Waals surface area contributed by atoms with E-state index in [0.717, 1.165) is 35.5 Å². The molecule has 0 amide bonds. The maximum absolute atomic E-state index is 2.74. The smallest absolute Gasteiger partial charge is 0.0175 e. The summed E-state index contributed by atoms with van der Waals surface area (Å²) in [7, 11) is 0. The highest BCUT2D eigenvalue weighted by atomic mass is 14.4. The monoisotopic (exact) mass is 475 g/mol. The Balaban J connectivity index is 2.99. The molecule has 0 nitrogen and oxygen atoms in total. The molecule has 0 N–H and O–H groups in total. The van der Waals surface area contributed by atoms with E-state index in [0.29, 0.717) is 0 Å². The molecule has 0 aromatic carbocycles. The molecule has 0 fully saturated rings. The highest BCUT2D eigenvalue weighted by Crippen LogP contribution is 2.42. The Morgan fingerprint density at radius 2 is 1.35 bits per heavy atom. The van der Waals surface area contributed by atoms with Crippen LogP contribution >= 0.6 is 0 Å². The highest BCUT2D eigenvalue weighted by Gasteiger charge is 2.30. The van der Waals surface area contributed by atoms with Crippen LogP contribution in [0.25, 0.3) is 0 Å². The lowest BCUT2D eigenvalue weighted by atomic mass is 9.68. The summed E-state index contributed by atoms with van der Waals surface area (Å²) in [5.41, 5.74) is 1.88. The van der Waals surface area contributed by atoms with E-state index in [1.807, 2.05) is 5.57 Å². The zero-order valence-electron chi connectivity index (χ0n) is 25.0. The van der Waals surface area contributed by atoms with Crippen molar-refractivity contribution >= 4 is 0 Å². The normalized spacial score (nSPS) is 22.2. The third-order valence-corrected chi connectivity index (χ3v) is 8.98. The zero-order valence-corrected chi connectivity index (χ0v) is 25.0. The minimum absolute atomic E-state index is 0.847. The van der Waals surface area contributed by atoms with Gasteiger partial charge in [-0.2, -0.15) is 0 Å². The Kier molecular flexibility index (Phi) is 18.6. The predicted molar refractivity (Wildman–Crippen MR) is 156 cm³/mol. The van der Waals surface area contributed by atoms with E-state index in [-0.39, 0.29) is 0 Å². The molecule has 0 aliphatic heterocycles. The SMILES string of the molecule is CCCCCCCCC(C(CCCC)CCCCC(C)C)C(CC)C1=CCC(C)CC(C)CC1. The first-order valence-corrected chi connectivity index (χ1v) is 16.1. The van der Waals surface area contributed by atoms with Crippen molar-refractivity contribution in [3.8, 4) is 0 Å². The molecule has 1 aliphatic rings. The van der Waals surface area contributed by atoms with Crippen LogP contribution in [0.5, 0.6) is 0 Å². The molecule has 0 heteroatoms. The van der Waals surface area contributed by atoms with Crippen LogP contribution in [0, 0.1) is 35.5 Å². The third kappa shape index (κ3) is 13.7. The van der Waals surface area contributed by atoms with Crippen molar-refractivity contribution in [3.63, 3.8) is 0 Å². The van der Waals surface area contributed by atoms with Crippen molar-refractivity contribution < 1.29 is 0 Å². The summed E-state index contributed by atoms with van der Waals surface area (Å²) in [6.07, 6.45) is 29.9. The van der Waals surface area contributed by atoms with Crippen molar-refractivity contribution in [1.29, 1.82) is 0 Å². The molecule has 0 spiro atoms. The minimum Gasteiger partial charge on any atom is -0.0848 e.